The zero-order chi connectivity index (χ0) is 20.8. The van der Waals surface area contributed by atoms with Crippen LogP contribution in [0, 0.1) is 11.3 Å². The van der Waals surface area contributed by atoms with Gasteiger partial charge in [-0.3, -0.25) is 14.6 Å². The molecule has 3 rings (SSSR count). The zero-order valence-corrected chi connectivity index (χ0v) is 17.1. The highest BCUT2D eigenvalue weighted by Crippen LogP contribution is 2.19. The third-order valence-electron chi connectivity index (χ3n) is 4.94. The number of morpholine rings is 2. The molecule has 8 nitrogen and oxygen atoms in total. The van der Waals surface area contributed by atoms with Crippen molar-refractivity contribution in [1.29, 1.82) is 5.26 Å². The van der Waals surface area contributed by atoms with E-state index in [0.717, 1.165) is 26.2 Å². The lowest BCUT2D eigenvalue weighted by Gasteiger charge is -2.46. The number of aliphatic hydroxyl groups is 1. The van der Waals surface area contributed by atoms with Crippen molar-refractivity contribution in [2.75, 3.05) is 45.9 Å². The molecule has 3 unspecified atom stereocenters. The topological polar surface area (TPSA) is 98.1 Å². The lowest BCUT2D eigenvalue weighted by molar-refractivity contribution is -0.148. The van der Waals surface area contributed by atoms with E-state index in [0.29, 0.717) is 24.4 Å². The minimum absolute atomic E-state index is 0.0426. The molecule has 158 valence electrons. The van der Waals surface area contributed by atoms with Crippen LogP contribution in [0.25, 0.3) is 0 Å². The number of hydrogen-bond donors (Lipinski definition) is 2. The van der Waals surface area contributed by atoms with Gasteiger partial charge in [0.1, 0.15) is 18.5 Å². The fourth-order valence-electron chi connectivity index (χ4n) is 3.88. The number of hydrogen-bond acceptors (Lipinski definition) is 7. The quantitative estimate of drug-likeness (QED) is 0.641. The van der Waals surface area contributed by atoms with Gasteiger partial charge in [0, 0.05) is 38.8 Å². The van der Waals surface area contributed by atoms with Gasteiger partial charge in [0.05, 0.1) is 30.4 Å². The molecule has 1 aromatic carbocycles. The Morgan fingerprint density at radius 2 is 1.86 bits per heavy atom. The normalized spacial score (nSPS) is 23.4. The molecule has 2 N–H and O–H groups in total. The molecule has 2 heterocycles. The highest BCUT2D eigenvalue weighted by Gasteiger charge is 2.35. The summed E-state index contributed by atoms with van der Waals surface area (Å²) in [6.07, 6.45) is -0.528. The number of nitriles is 1. The van der Waals surface area contributed by atoms with Crippen molar-refractivity contribution in [3.05, 3.63) is 29.8 Å². The van der Waals surface area contributed by atoms with Crippen molar-refractivity contribution < 1.29 is 19.4 Å². The maximum atomic E-state index is 12.0. The summed E-state index contributed by atoms with van der Waals surface area (Å²) in [6, 6.07) is 9.06. The Bertz CT molecular complexity index is 704. The fourth-order valence-corrected chi connectivity index (χ4v) is 3.88. The molecule has 2 saturated heterocycles. The molecule has 0 saturated carbocycles. The van der Waals surface area contributed by atoms with E-state index in [1.165, 1.54) is 0 Å². The Kier molecular flexibility index (Phi) is 7.45. The Labute approximate surface area is 172 Å². The molecule has 2 aliphatic rings. The number of ether oxygens (including phenoxy) is 2. The van der Waals surface area contributed by atoms with Crippen LogP contribution in [0.15, 0.2) is 24.3 Å². The van der Waals surface area contributed by atoms with Crippen molar-refractivity contribution in [1.82, 2.24) is 15.1 Å². The van der Waals surface area contributed by atoms with Crippen molar-refractivity contribution in [2.24, 2.45) is 0 Å². The Morgan fingerprint density at radius 3 is 2.45 bits per heavy atom. The van der Waals surface area contributed by atoms with E-state index in [4.69, 9.17) is 14.7 Å². The highest BCUT2D eigenvalue weighted by molar-refractivity contribution is 5.78. The number of carbonyl (C=O) groups is 1. The summed E-state index contributed by atoms with van der Waals surface area (Å²) in [5, 5.41) is 22.1. The van der Waals surface area contributed by atoms with Crippen LogP contribution in [0.2, 0.25) is 0 Å². The van der Waals surface area contributed by atoms with Gasteiger partial charge in [0.25, 0.3) is 0 Å². The largest absolute Gasteiger partial charge is 0.491 e. The summed E-state index contributed by atoms with van der Waals surface area (Å²) in [5.41, 5.74) is 0.577. The molecule has 8 heteroatoms. The van der Waals surface area contributed by atoms with Gasteiger partial charge < -0.3 is 19.9 Å². The summed E-state index contributed by atoms with van der Waals surface area (Å²) in [6.45, 7) is 7.92. The molecule has 1 amide bonds. The molecule has 29 heavy (non-hydrogen) atoms. The Balaban J connectivity index is 1.41. The molecular weight excluding hydrogens is 372 g/mol. The van der Waals surface area contributed by atoms with E-state index in [2.05, 4.69) is 21.2 Å². The van der Waals surface area contributed by atoms with Crippen LogP contribution in [0.1, 0.15) is 19.4 Å². The van der Waals surface area contributed by atoms with Gasteiger partial charge in [-0.05, 0) is 38.1 Å². The third kappa shape index (κ3) is 6.68. The number of carbonyl (C=O) groups excluding carboxylic acids is 1. The lowest BCUT2D eigenvalue weighted by atomic mass is 10.1. The number of benzene rings is 1. The zero-order valence-electron chi connectivity index (χ0n) is 17.1. The molecular formula is C21H30N4O4. The second kappa shape index (κ2) is 10.0. The summed E-state index contributed by atoms with van der Waals surface area (Å²) in [4.78, 5) is 16.4. The first-order valence-electron chi connectivity index (χ1n) is 10.1. The maximum absolute atomic E-state index is 12.0. The number of β-amino-alcohol motifs (C(OH)–C–C–N with tert-alkyl or cyclic N) is 1. The molecule has 0 spiro atoms. The fraction of sp³-hybridized carbons (Fsp3) is 0.619. The average molecular weight is 402 g/mol. The summed E-state index contributed by atoms with van der Waals surface area (Å²) >= 11 is 0. The first kappa shape index (κ1) is 21.5. The monoisotopic (exact) mass is 402 g/mol. The average Bonchev–Trinajstić information content (AvgIpc) is 2.65. The standard InChI is InChI=1S/C21H30N4O4/c1-15(2)23-21(27)13-25-11-19-9-24(10-20(12-25)29-19)8-17(26)14-28-18-5-3-16(7-22)4-6-18/h3-6,15,17,19-20,26H,8-14H2,1-2H3,(H,23,27). The van der Waals surface area contributed by atoms with Gasteiger partial charge in [-0.2, -0.15) is 5.26 Å². The SMILES string of the molecule is CC(C)NC(=O)CN1CC2CN(CC(O)COc3ccc(C#N)cc3)CC(C1)O2. The third-order valence-corrected chi connectivity index (χ3v) is 4.94. The first-order valence-corrected chi connectivity index (χ1v) is 10.1. The molecule has 1 aromatic rings. The molecule has 2 aliphatic heterocycles. The first-order chi connectivity index (χ1) is 13.9. The van der Waals surface area contributed by atoms with Crippen molar-refractivity contribution in [3.63, 3.8) is 0 Å². The number of nitrogens with zero attached hydrogens (tertiary/aromatic N) is 3. The van der Waals surface area contributed by atoms with Crippen molar-refractivity contribution >= 4 is 5.91 Å². The van der Waals surface area contributed by atoms with Crippen LogP contribution in [-0.2, 0) is 9.53 Å². The summed E-state index contributed by atoms with van der Waals surface area (Å²) in [5.74, 6) is 0.685. The summed E-state index contributed by atoms with van der Waals surface area (Å²) in [7, 11) is 0. The predicted molar refractivity (Wildman–Crippen MR) is 107 cm³/mol. The van der Waals surface area contributed by atoms with E-state index < -0.39 is 6.10 Å². The minimum atomic E-state index is -0.614. The van der Waals surface area contributed by atoms with Gasteiger partial charge in [0.2, 0.25) is 5.91 Å². The number of fused-ring (bicyclic) bond motifs is 2. The van der Waals surface area contributed by atoms with Gasteiger partial charge in [0.15, 0.2) is 0 Å². The smallest absolute Gasteiger partial charge is 0.234 e. The highest BCUT2D eigenvalue weighted by atomic mass is 16.5. The van der Waals surface area contributed by atoms with Crippen LogP contribution >= 0.6 is 0 Å². The van der Waals surface area contributed by atoms with E-state index in [-0.39, 0.29) is 30.8 Å². The van der Waals surface area contributed by atoms with Gasteiger partial charge in [-0.15, -0.1) is 0 Å². The van der Waals surface area contributed by atoms with E-state index in [9.17, 15) is 9.90 Å². The molecule has 0 aliphatic carbocycles. The molecule has 2 fully saturated rings. The van der Waals surface area contributed by atoms with Crippen molar-refractivity contribution in [2.45, 2.75) is 38.2 Å². The number of aliphatic hydroxyl groups excluding tert-OH is 1. The Morgan fingerprint density at radius 1 is 1.24 bits per heavy atom. The van der Waals surface area contributed by atoms with Gasteiger partial charge >= 0.3 is 0 Å². The number of nitrogens with one attached hydrogen (secondary N) is 1. The van der Waals surface area contributed by atoms with E-state index >= 15 is 0 Å². The number of amides is 1. The van der Waals surface area contributed by atoms with Gasteiger partial charge in [-0.1, -0.05) is 0 Å². The van der Waals surface area contributed by atoms with Crippen LogP contribution in [0.3, 0.4) is 0 Å². The van der Waals surface area contributed by atoms with Crippen molar-refractivity contribution in [3.8, 4) is 11.8 Å². The van der Waals surface area contributed by atoms with E-state index in [1.807, 2.05) is 13.8 Å². The molecule has 0 radical (unpaired) electrons. The predicted octanol–water partition coefficient (Wildman–Crippen LogP) is 0.208. The van der Waals surface area contributed by atoms with Crippen LogP contribution in [-0.4, -0.2) is 91.0 Å². The van der Waals surface area contributed by atoms with Crippen LogP contribution < -0.4 is 10.1 Å². The molecule has 2 bridgehead atoms. The second-order valence-corrected chi connectivity index (χ2v) is 8.12. The maximum Gasteiger partial charge on any atom is 0.234 e. The lowest BCUT2D eigenvalue weighted by Crippen LogP contribution is -2.61. The van der Waals surface area contributed by atoms with E-state index in [1.54, 1.807) is 24.3 Å². The molecule has 3 atom stereocenters. The van der Waals surface area contributed by atoms with Crippen LogP contribution in [0.4, 0.5) is 0 Å². The van der Waals surface area contributed by atoms with Gasteiger partial charge in [-0.25, -0.2) is 0 Å². The number of rotatable bonds is 8. The summed E-state index contributed by atoms with van der Waals surface area (Å²) < 4.78 is 11.6. The van der Waals surface area contributed by atoms with Crippen LogP contribution in [0.5, 0.6) is 5.75 Å². The minimum Gasteiger partial charge on any atom is -0.491 e. The molecule has 0 aromatic heterocycles. The second-order valence-electron chi connectivity index (χ2n) is 8.12. The Hall–Kier alpha value is -2.18.